The molecule has 0 aliphatic heterocycles. The maximum atomic E-state index is 12.6. The zero-order chi connectivity index (χ0) is 19.2. The Labute approximate surface area is 156 Å². The summed E-state index contributed by atoms with van der Waals surface area (Å²) in [5.74, 6) is 0.854. The highest BCUT2D eigenvalue weighted by Crippen LogP contribution is 2.29. The van der Waals surface area contributed by atoms with Crippen LogP contribution >= 0.6 is 0 Å². The lowest BCUT2D eigenvalue weighted by Gasteiger charge is -2.12. The maximum absolute atomic E-state index is 12.6. The van der Waals surface area contributed by atoms with E-state index in [4.69, 9.17) is 13.9 Å². The van der Waals surface area contributed by atoms with Crippen LogP contribution in [0.5, 0.6) is 11.5 Å². The third-order valence-electron chi connectivity index (χ3n) is 4.06. The number of nitrogens with one attached hydrogen (secondary N) is 1. The van der Waals surface area contributed by atoms with E-state index in [-0.39, 0.29) is 5.91 Å². The topological polar surface area (TPSA) is 77.8 Å². The summed E-state index contributed by atoms with van der Waals surface area (Å²) in [5, 5.41) is 3.56. The van der Waals surface area contributed by atoms with Crippen molar-refractivity contribution in [3.8, 4) is 11.5 Å². The van der Waals surface area contributed by atoms with E-state index in [0.717, 1.165) is 18.2 Å². The standard InChI is InChI=1S/C21H21NO5/c1-3-4-11-26-18-8-5-15(13-19(18)25-2)21(24)22-16-7-9-17-14(12-16)6-10-20(23)27-17/h5-10,12-13H,3-4,11H2,1-2H3,(H,22,24). The first-order valence-electron chi connectivity index (χ1n) is 8.77. The van der Waals surface area contributed by atoms with Crippen LogP contribution in [0, 0.1) is 0 Å². The minimum absolute atomic E-state index is 0.273. The van der Waals surface area contributed by atoms with Crippen molar-refractivity contribution in [2.45, 2.75) is 19.8 Å². The Morgan fingerprint density at radius 2 is 1.93 bits per heavy atom. The number of carbonyl (C=O) groups is 1. The Bertz CT molecular complexity index is 1010. The molecule has 0 aliphatic carbocycles. The van der Waals surface area contributed by atoms with Gasteiger partial charge in [0.2, 0.25) is 0 Å². The molecule has 1 amide bonds. The molecule has 3 aromatic rings. The van der Waals surface area contributed by atoms with Crippen molar-refractivity contribution < 1.29 is 18.7 Å². The first-order chi connectivity index (χ1) is 13.1. The predicted molar refractivity (Wildman–Crippen MR) is 104 cm³/mol. The summed E-state index contributed by atoms with van der Waals surface area (Å²) in [6.45, 7) is 2.69. The molecule has 1 heterocycles. The zero-order valence-electron chi connectivity index (χ0n) is 15.3. The first kappa shape index (κ1) is 18.5. The van der Waals surface area contributed by atoms with Gasteiger partial charge in [0.25, 0.3) is 5.91 Å². The van der Waals surface area contributed by atoms with Crippen LogP contribution in [0.2, 0.25) is 0 Å². The summed E-state index contributed by atoms with van der Waals surface area (Å²) in [4.78, 5) is 23.8. The van der Waals surface area contributed by atoms with Gasteiger partial charge in [-0.05, 0) is 48.9 Å². The second kappa shape index (κ2) is 8.40. The van der Waals surface area contributed by atoms with Crippen molar-refractivity contribution >= 4 is 22.6 Å². The number of ether oxygens (including phenoxy) is 2. The van der Waals surface area contributed by atoms with Crippen LogP contribution in [0.4, 0.5) is 5.69 Å². The maximum Gasteiger partial charge on any atom is 0.336 e. The number of carbonyl (C=O) groups excluding carboxylic acids is 1. The number of amides is 1. The quantitative estimate of drug-likeness (QED) is 0.499. The van der Waals surface area contributed by atoms with Gasteiger partial charge >= 0.3 is 5.63 Å². The predicted octanol–water partition coefficient (Wildman–Crippen LogP) is 4.23. The van der Waals surface area contributed by atoms with Crippen LogP contribution in [0.25, 0.3) is 11.0 Å². The van der Waals surface area contributed by atoms with E-state index in [1.54, 1.807) is 49.6 Å². The lowest BCUT2D eigenvalue weighted by Crippen LogP contribution is -2.12. The Morgan fingerprint density at radius 3 is 2.70 bits per heavy atom. The van der Waals surface area contributed by atoms with E-state index >= 15 is 0 Å². The molecule has 2 aromatic carbocycles. The highest BCUT2D eigenvalue weighted by molar-refractivity contribution is 6.05. The van der Waals surface area contributed by atoms with Gasteiger partial charge in [-0.2, -0.15) is 0 Å². The summed E-state index contributed by atoms with van der Waals surface area (Å²) in [6, 6.07) is 13.2. The number of rotatable bonds is 7. The normalized spacial score (nSPS) is 10.6. The number of hydrogen-bond donors (Lipinski definition) is 1. The van der Waals surface area contributed by atoms with Crippen molar-refractivity contribution in [2.24, 2.45) is 0 Å². The lowest BCUT2D eigenvalue weighted by atomic mass is 10.1. The fourth-order valence-corrected chi connectivity index (χ4v) is 2.61. The molecular weight excluding hydrogens is 346 g/mol. The van der Waals surface area contributed by atoms with Gasteiger partial charge in [-0.25, -0.2) is 4.79 Å². The smallest absolute Gasteiger partial charge is 0.336 e. The van der Waals surface area contributed by atoms with Crippen LogP contribution in [-0.4, -0.2) is 19.6 Å². The van der Waals surface area contributed by atoms with Gasteiger partial charge in [0.1, 0.15) is 5.58 Å². The van der Waals surface area contributed by atoms with E-state index in [2.05, 4.69) is 12.2 Å². The Morgan fingerprint density at radius 1 is 1.07 bits per heavy atom. The highest BCUT2D eigenvalue weighted by Gasteiger charge is 2.12. The molecule has 6 heteroatoms. The molecule has 0 unspecified atom stereocenters. The van der Waals surface area contributed by atoms with Crippen molar-refractivity contribution in [2.75, 3.05) is 19.0 Å². The van der Waals surface area contributed by atoms with Crippen molar-refractivity contribution in [1.29, 1.82) is 0 Å². The number of anilines is 1. The second-order valence-corrected chi connectivity index (χ2v) is 6.03. The average molecular weight is 367 g/mol. The van der Waals surface area contributed by atoms with Gasteiger partial charge in [-0.15, -0.1) is 0 Å². The van der Waals surface area contributed by atoms with Crippen LogP contribution < -0.4 is 20.4 Å². The van der Waals surface area contributed by atoms with Gasteiger partial charge in [0.05, 0.1) is 13.7 Å². The fraction of sp³-hybridized carbons (Fsp3) is 0.238. The molecule has 3 rings (SSSR count). The number of methoxy groups -OCH3 is 1. The van der Waals surface area contributed by atoms with Gasteiger partial charge in [0.15, 0.2) is 11.5 Å². The molecular formula is C21H21NO5. The summed E-state index contributed by atoms with van der Waals surface area (Å²) < 4.78 is 16.1. The molecule has 1 aromatic heterocycles. The molecule has 6 nitrogen and oxygen atoms in total. The molecule has 140 valence electrons. The van der Waals surface area contributed by atoms with Gasteiger partial charge in [0, 0.05) is 22.7 Å². The molecule has 0 aliphatic rings. The molecule has 0 saturated carbocycles. The highest BCUT2D eigenvalue weighted by atomic mass is 16.5. The van der Waals surface area contributed by atoms with E-state index in [0.29, 0.717) is 34.9 Å². The molecule has 27 heavy (non-hydrogen) atoms. The van der Waals surface area contributed by atoms with Gasteiger partial charge in [-0.3, -0.25) is 4.79 Å². The first-order valence-corrected chi connectivity index (χ1v) is 8.77. The van der Waals surface area contributed by atoms with Crippen LogP contribution in [-0.2, 0) is 0 Å². The van der Waals surface area contributed by atoms with E-state index in [9.17, 15) is 9.59 Å². The van der Waals surface area contributed by atoms with Crippen LogP contribution in [0.1, 0.15) is 30.1 Å². The Kier molecular flexibility index (Phi) is 5.76. The third-order valence-corrected chi connectivity index (χ3v) is 4.06. The monoisotopic (exact) mass is 367 g/mol. The largest absolute Gasteiger partial charge is 0.493 e. The Balaban J connectivity index is 1.77. The molecule has 0 atom stereocenters. The van der Waals surface area contributed by atoms with E-state index in [1.165, 1.54) is 6.07 Å². The minimum atomic E-state index is -0.410. The van der Waals surface area contributed by atoms with Crippen LogP contribution in [0.3, 0.4) is 0 Å². The number of hydrogen-bond acceptors (Lipinski definition) is 5. The van der Waals surface area contributed by atoms with Gasteiger partial charge < -0.3 is 19.2 Å². The third kappa shape index (κ3) is 4.47. The summed E-state index contributed by atoms with van der Waals surface area (Å²) in [7, 11) is 1.54. The summed E-state index contributed by atoms with van der Waals surface area (Å²) in [6.07, 6.45) is 1.99. The van der Waals surface area contributed by atoms with E-state index < -0.39 is 5.63 Å². The molecule has 0 spiro atoms. The number of unbranched alkanes of at least 4 members (excludes halogenated alkanes) is 1. The lowest BCUT2D eigenvalue weighted by molar-refractivity contribution is 0.102. The zero-order valence-corrected chi connectivity index (χ0v) is 15.3. The van der Waals surface area contributed by atoms with Crippen molar-refractivity contribution in [1.82, 2.24) is 0 Å². The number of benzene rings is 2. The molecule has 0 bridgehead atoms. The van der Waals surface area contributed by atoms with Crippen LogP contribution in [0.15, 0.2) is 57.7 Å². The number of fused-ring (bicyclic) bond motifs is 1. The molecule has 0 fully saturated rings. The van der Waals surface area contributed by atoms with Crippen molar-refractivity contribution in [3.63, 3.8) is 0 Å². The van der Waals surface area contributed by atoms with E-state index in [1.807, 2.05) is 0 Å². The fourth-order valence-electron chi connectivity index (χ4n) is 2.61. The molecule has 1 N–H and O–H groups in total. The Hall–Kier alpha value is -3.28. The average Bonchev–Trinajstić information content (AvgIpc) is 2.68. The second-order valence-electron chi connectivity index (χ2n) is 6.03. The summed E-state index contributed by atoms with van der Waals surface area (Å²) in [5.41, 5.74) is 1.11. The van der Waals surface area contributed by atoms with Crippen molar-refractivity contribution in [3.05, 3.63) is 64.5 Å². The minimum Gasteiger partial charge on any atom is -0.493 e. The molecule has 0 radical (unpaired) electrons. The molecule has 0 saturated heterocycles. The van der Waals surface area contributed by atoms with Gasteiger partial charge in [-0.1, -0.05) is 13.3 Å². The SMILES string of the molecule is CCCCOc1ccc(C(=O)Nc2ccc3oc(=O)ccc3c2)cc1OC. The summed E-state index contributed by atoms with van der Waals surface area (Å²) >= 11 is 0.